The average molecular weight is 205 g/mol. The van der Waals surface area contributed by atoms with Gasteiger partial charge in [-0.3, -0.25) is 0 Å². The van der Waals surface area contributed by atoms with Gasteiger partial charge in [-0.2, -0.15) is 0 Å². The van der Waals surface area contributed by atoms with Gasteiger partial charge in [-0.25, -0.2) is 5.10 Å². The van der Waals surface area contributed by atoms with E-state index >= 15 is 0 Å². The second-order valence-electron chi connectivity index (χ2n) is 2.93. The molecule has 1 N–H and O–H groups in total. The quantitative estimate of drug-likeness (QED) is 0.753. The fourth-order valence-corrected chi connectivity index (χ4v) is 1.46. The van der Waals surface area contributed by atoms with Gasteiger partial charge in [0.2, 0.25) is 0 Å². The highest BCUT2D eigenvalue weighted by Gasteiger charge is 2.07. The summed E-state index contributed by atoms with van der Waals surface area (Å²) in [5.41, 5.74) is 1.10. The van der Waals surface area contributed by atoms with Crippen molar-refractivity contribution in [3.63, 3.8) is 0 Å². The van der Waals surface area contributed by atoms with Crippen molar-refractivity contribution in [2.24, 2.45) is 0 Å². The molecule has 1 heterocycles. The van der Waals surface area contributed by atoms with E-state index in [4.69, 9.17) is 12.2 Å². The molecule has 0 unspecified atom stereocenters. The fraction of sp³-hybridized carbons (Fsp3) is 0.222. The van der Waals surface area contributed by atoms with Gasteiger partial charge >= 0.3 is 0 Å². The normalized spacial score (nSPS) is 15.7. The zero-order chi connectivity index (χ0) is 9.80. The molecule has 4 nitrogen and oxygen atoms in total. The van der Waals surface area contributed by atoms with E-state index in [2.05, 4.69) is 26.7 Å². The van der Waals surface area contributed by atoms with Crippen LogP contribution in [0.15, 0.2) is 23.8 Å². The smallest absolute Gasteiger partial charge is 0.149 e. The maximum absolute atomic E-state index is 5.21. The third kappa shape index (κ3) is 2.11. The van der Waals surface area contributed by atoms with E-state index in [1.165, 1.54) is 0 Å². The van der Waals surface area contributed by atoms with E-state index in [0.29, 0.717) is 6.42 Å². The first kappa shape index (κ1) is 9.21. The number of nitrogens with one attached hydrogen (secondary N) is 1. The lowest BCUT2D eigenvalue weighted by atomic mass is 10.0. The molecule has 14 heavy (non-hydrogen) atoms. The van der Waals surface area contributed by atoms with E-state index in [-0.39, 0.29) is 0 Å². The summed E-state index contributed by atoms with van der Waals surface area (Å²) in [4.78, 5) is 0.972. The molecule has 0 aromatic carbocycles. The third-order valence-corrected chi connectivity index (χ3v) is 2.34. The molecule has 0 saturated carbocycles. The molecule has 0 atom stereocenters. The van der Waals surface area contributed by atoms with Crippen molar-refractivity contribution in [1.82, 2.24) is 20.6 Å². The highest BCUT2D eigenvalue weighted by molar-refractivity contribution is 7.80. The van der Waals surface area contributed by atoms with Gasteiger partial charge in [0, 0.05) is 17.7 Å². The van der Waals surface area contributed by atoms with Gasteiger partial charge in [0.1, 0.15) is 5.82 Å². The molecule has 1 aromatic rings. The maximum atomic E-state index is 5.21. The Balaban J connectivity index is 1.95. The van der Waals surface area contributed by atoms with Gasteiger partial charge in [0.05, 0.1) is 0 Å². The van der Waals surface area contributed by atoms with Gasteiger partial charge in [0.15, 0.2) is 0 Å². The summed E-state index contributed by atoms with van der Waals surface area (Å²) in [6.45, 7) is 0. The molecule has 1 aliphatic carbocycles. The van der Waals surface area contributed by atoms with Crippen LogP contribution in [-0.2, 0) is 6.42 Å². The Kier molecular flexibility index (Phi) is 2.78. The van der Waals surface area contributed by atoms with E-state index in [9.17, 15) is 0 Å². The number of hydrogen-bond acceptors (Lipinski definition) is 4. The van der Waals surface area contributed by atoms with Crippen LogP contribution in [0.3, 0.4) is 0 Å². The number of tetrazole rings is 1. The number of aromatic amines is 1. The van der Waals surface area contributed by atoms with Crippen LogP contribution in [0.4, 0.5) is 0 Å². The van der Waals surface area contributed by atoms with Crippen LogP contribution in [-0.4, -0.2) is 25.5 Å². The van der Waals surface area contributed by atoms with Gasteiger partial charge in [-0.05, 0) is 22.4 Å². The van der Waals surface area contributed by atoms with Crippen molar-refractivity contribution in [2.45, 2.75) is 12.8 Å². The minimum atomic E-state index is 0.687. The topological polar surface area (TPSA) is 54.5 Å². The van der Waals surface area contributed by atoms with Crippen LogP contribution in [0.25, 0.3) is 0 Å². The average Bonchev–Trinajstić information content (AvgIpc) is 2.69. The second kappa shape index (κ2) is 4.23. The van der Waals surface area contributed by atoms with Crippen molar-refractivity contribution >= 4 is 17.1 Å². The molecule has 0 fully saturated rings. The Morgan fingerprint density at radius 1 is 1.57 bits per heavy atom. The summed E-state index contributed by atoms with van der Waals surface area (Å²) in [6, 6.07) is 0. The van der Waals surface area contributed by atoms with Crippen LogP contribution in [0.1, 0.15) is 12.2 Å². The second-order valence-corrected chi connectivity index (χ2v) is 3.43. The molecule has 71 valence electrons. The van der Waals surface area contributed by atoms with Gasteiger partial charge < -0.3 is 0 Å². The molecule has 0 spiro atoms. The van der Waals surface area contributed by atoms with Gasteiger partial charge in [-0.1, -0.05) is 30.4 Å². The monoisotopic (exact) mass is 205 g/mol. The molecular weight excluding hydrogens is 196 g/mol. The maximum Gasteiger partial charge on any atom is 0.149 e. The molecule has 1 aromatic heterocycles. The summed E-state index contributed by atoms with van der Waals surface area (Å²) in [6.07, 6.45) is 9.65. The molecule has 0 amide bonds. The number of H-pyrrole nitrogens is 1. The van der Waals surface area contributed by atoms with Crippen LogP contribution < -0.4 is 0 Å². The predicted molar refractivity (Wildman–Crippen MR) is 56.6 cm³/mol. The first-order chi connectivity index (χ1) is 6.86. The molecule has 0 bridgehead atoms. The van der Waals surface area contributed by atoms with E-state index in [1.54, 1.807) is 0 Å². The van der Waals surface area contributed by atoms with Crippen LogP contribution >= 0.6 is 12.2 Å². The van der Waals surface area contributed by atoms with E-state index in [1.807, 2.05) is 18.6 Å². The van der Waals surface area contributed by atoms with Crippen molar-refractivity contribution in [1.29, 1.82) is 0 Å². The molecule has 5 heteroatoms. The van der Waals surface area contributed by atoms with Gasteiger partial charge in [0.25, 0.3) is 0 Å². The van der Waals surface area contributed by atoms with E-state index < -0.39 is 0 Å². The molecule has 1 aliphatic rings. The molecule has 0 saturated heterocycles. The summed E-state index contributed by atoms with van der Waals surface area (Å²) in [5, 5.41) is 13.5. The Bertz CT molecular complexity index is 378. The van der Waals surface area contributed by atoms with Crippen molar-refractivity contribution in [3.05, 3.63) is 36.0 Å². The van der Waals surface area contributed by atoms with Crippen molar-refractivity contribution in [2.75, 3.05) is 0 Å². The lowest BCUT2D eigenvalue weighted by molar-refractivity contribution is 0.881. The first-order valence-corrected chi connectivity index (χ1v) is 4.73. The van der Waals surface area contributed by atoms with Crippen molar-refractivity contribution < 1.29 is 0 Å². The van der Waals surface area contributed by atoms with E-state index in [0.717, 1.165) is 22.7 Å². The minimum absolute atomic E-state index is 0.687. The standard InChI is InChI=1S/C9H9N4S/c14-8-4-2-1-3-7(8)5-6-9-10-12-13-11-9/h1-3,5H,4,6H2,(H,10,11,12,13). The third-order valence-electron chi connectivity index (χ3n) is 1.94. The van der Waals surface area contributed by atoms with Crippen LogP contribution in [0.5, 0.6) is 0 Å². The van der Waals surface area contributed by atoms with Gasteiger partial charge in [-0.15, -0.1) is 5.10 Å². The number of thiocarbonyl (C=S) groups is 1. The molecule has 1 radical (unpaired) electrons. The summed E-state index contributed by atoms with van der Waals surface area (Å²) in [7, 11) is 0. The summed E-state index contributed by atoms with van der Waals surface area (Å²) in [5.74, 6) is 0.753. The predicted octanol–water partition coefficient (Wildman–Crippen LogP) is 1.20. The number of rotatable bonds is 3. The molecule has 0 aliphatic heterocycles. The summed E-state index contributed by atoms with van der Waals surface area (Å²) < 4.78 is 0. The molecular formula is C9H9N4S. The number of allylic oxidation sites excluding steroid dienone is 4. The number of nitrogens with zero attached hydrogens (tertiary/aromatic N) is 3. The largest absolute Gasteiger partial charge is 0.243 e. The molecule has 2 rings (SSSR count). The highest BCUT2D eigenvalue weighted by Crippen LogP contribution is 2.14. The Morgan fingerprint density at radius 3 is 3.21 bits per heavy atom. The van der Waals surface area contributed by atoms with Crippen LogP contribution in [0.2, 0.25) is 0 Å². The zero-order valence-electron chi connectivity index (χ0n) is 7.47. The first-order valence-electron chi connectivity index (χ1n) is 4.32. The Morgan fingerprint density at radius 2 is 2.50 bits per heavy atom. The number of hydrogen-bond donors (Lipinski definition) is 1. The lowest BCUT2D eigenvalue weighted by Crippen LogP contribution is -2.04. The highest BCUT2D eigenvalue weighted by atomic mass is 32.1. The SMILES string of the molecule is S=C1CC=CC=C1[CH]Cc1nnn[nH]1. The minimum Gasteiger partial charge on any atom is -0.243 e. The Labute approximate surface area is 87.1 Å². The van der Waals surface area contributed by atoms with Crippen molar-refractivity contribution in [3.8, 4) is 0 Å². The number of aromatic nitrogens is 4. The van der Waals surface area contributed by atoms with Crippen LogP contribution in [0, 0.1) is 6.42 Å². The zero-order valence-corrected chi connectivity index (χ0v) is 8.29. The Hall–Kier alpha value is -1.36. The fourth-order valence-electron chi connectivity index (χ4n) is 1.21. The lowest BCUT2D eigenvalue weighted by Gasteiger charge is -2.08. The summed E-state index contributed by atoms with van der Waals surface area (Å²) >= 11 is 5.21.